The smallest absolute Gasteiger partial charge is 0.308 e. The molecule has 0 aliphatic carbocycles. The summed E-state index contributed by atoms with van der Waals surface area (Å²) in [7, 11) is 0. The molecule has 0 radical (unpaired) electrons. The van der Waals surface area contributed by atoms with Crippen molar-refractivity contribution in [1.29, 1.82) is 0 Å². The first-order valence-corrected chi connectivity index (χ1v) is 8.08. The molecule has 1 N–H and O–H groups in total. The molecule has 5 heteroatoms. The standard InChI is InChI=1S/C16H25N3O2/c1-11(2)19-7-3-4-14(19)8-13-10-18-9-12(16(20)21)5-6-15(18)17-13/h10-12,14H,3-9H2,1-2H3,(H,20,21). The van der Waals surface area contributed by atoms with Crippen LogP contribution in [0.2, 0.25) is 0 Å². The zero-order valence-corrected chi connectivity index (χ0v) is 13.0. The number of carboxylic acids is 1. The quantitative estimate of drug-likeness (QED) is 0.921. The van der Waals surface area contributed by atoms with Gasteiger partial charge in [-0.1, -0.05) is 0 Å². The van der Waals surface area contributed by atoms with Gasteiger partial charge < -0.3 is 9.67 Å². The minimum absolute atomic E-state index is 0.252. The van der Waals surface area contributed by atoms with Crippen molar-refractivity contribution in [3.05, 3.63) is 17.7 Å². The van der Waals surface area contributed by atoms with Crippen LogP contribution < -0.4 is 0 Å². The third-order valence-corrected chi connectivity index (χ3v) is 4.92. The summed E-state index contributed by atoms with van der Waals surface area (Å²) in [5, 5.41) is 9.16. The first kappa shape index (κ1) is 14.6. The Balaban J connectivity index is 1.69. The van der Waals surface area contributed by atoms with Crippen molar-refractivity contribution in [2.45, 2.75) is 64.6 Å². The third-order valence-electron chi connectivity index (χ3n) is 4.92. The van der Waals surface area contributed by atoms with Gasteiger partial charge in [-0.3, -0.25) is 9.69 Å². The molecule has 2 aliphatic heterocycles. The molecule has 3 rings (SSSR count). The van der Waals surface area contributed by atoms with Gasteiger partial charge in [0.2, 0.25) is 0 Å². The van der Waals surface area contributed by atoms with Crippen molar-refractivity contribution in [3.8, 4) is 0 Å². The number of imidazole rings is 1. The Kier molecular flexibility index (Phi) is 4.02. The molecule has 116 valence electrons. The Bertz CT molecular complexity index is 524. The number of fused-ring (bicyclic) bond motifs is 1. The number of rotatable bonds is 4. The van der Waals surface area contributed by atoms with Gasteiger partial charge in [-0.2, -0.15) is 0 Å². The number of nitrogens with zero attached hydrogens (tertiary/aromatic N) is 3. The van der Waals surface area contributed by atoms with Crippen LogP contribution in [0, 0.1) is 5.92 Å². The van der Waals surface area contributed by atoms with E-state index in [0.29, 0.717) is 25.0 Å². The summed E-state index contributed by atoms with van der Waals surface area (Å²) >= 11 is 0. The summed E-state index contributed by atoms with van der Waals surface area (Å²) in [6.45, 7) is 6.29. The van der Waals surface area contributed by atoms with E-state index in [1.54, 1.807) is 0 Å². The third kappa shape index (κ3) is 2.98. The van der Waals surface area contributed by atoms with Crippen LogP contribution in [0.15, 0.2) is 6.20 Å². The van der Waals surface area contributed by atoms with Crippen molar-refractivity contribution in [2.24, 2.45) is 5.92 Å². The van der Waals surface area contributed by atoms with Crippen LogP contribution >= 0.6 is 0 Å². The van der Waals surface area contributed by atoms with Crippen molar-refractivity contribution in [2.75, 3.05) is 6.54 Å². The van der Waals surface area contributed by atoms with Crippen LogP contribution in [-0.4, -0.2) is 44.2 Å². The summed E-state index contributed by atoms with van der Waals surface area (Å²) in [5.41, 5.74) is 1.13. The molecule has 5 nitrogen and oxygen atoms in total. The van der Waals surface area contributed by atoms with Gasteiger partial charge in [-0.05, 0) is 39.7 Å². The molecule has 21 heavy (non-hydrogen) atoms. The average molecular weight is 291 g/mol. The van der Waals surface area contributed by atoms with E-state index in [1.165, 1.54) is 19.4 Å². The number of carboxylic acid groups (broad SMARTS) is 1. The number of hydrogen-bond donors (Lipinski definition) is 1. The second-order valence-electron chi connectivity index (χ2n) is 6.71. The van der Waals surface area contributed by atoms with E-state index in [1.807, 2.05) is 0 Å². The monoisotopic (exact) mass is 291 g/mol. The molecule has 2 unspecified atom stereocenters. The fraction of sp³-hybridized carbons (Fsp3) is 0.750. The lowest BCUT2D eigenvalue weighted by molar-refractivity contribution is -0.142. The van der Waals surface area contributed by atoms with Crippen molar-refractivity contribution < 1.29 is 9.90 Å². The Morgan fingerprint density at radius 2 is 2.29 bits per heavy atom. The molecule has 0 spiro atoms. The second kappa shape index (κ2) is 5.79. The Morgan fingerprint density at radius 3 is 3.00 bits per heavy atom. The van der Waals surface area contributed by atoms with Crippen molar-refractivity contribution >= 4 is 5.97 Å². The van der Waals surface area contributed by atoms with Gasteiger partial charge in [0, 0.05) is 37.7 Å². The van der Waals surface area contributed by atoms with E-state index in [9.17, 15) is 4.79 Å². The number of likely N-dealkylation sites (tertiary alicyclic amines) is 1. The van der Waals surface area contributed by atoms with Crippen LogP contribution in [0.5, 0.6) is 0 Å². The van der Waals surface area contributed by atoms with Crippen molar-refractivity contribution in [3.63, 3.8) is 0 Å². The fourth-order valence-corrected chi connectivity index (χ4v) is 3.80. The minimum Gasteiger partial charge on any atom is -0.481 e. The van der Waals surface area contributed by atoms with Gasteiger partial charge in [0.25, 0.3) is 0 Å². The summed E-state index contributed by atoms with van der Waals surface area (Å²) in [6, 6.07) is 1.18. The lowest BCUT2D eigenvalue weighted by atomic mass is 10.00. The average Bonchev–Trinajstić information content (AvgIpc) is 3.03. The Hall–Kier alpha value is -1.36. The SMILES string of the molecule is CC(C)N1CCCC1Cc1cn2c(n1)CCC(C(=O)O)C2. The Labute approximate surface area is 126 Å². The summed E-state index contributed by atoms with van der Waals surface area (Å²) < 4.78 is 2.06. The zero-order chi connectivity index (χ0) is 15.0. The molecule has 3 heterocycles. The van der Waals surface area contributed by atoms with E-state index in [0.717, 1.165) is 24.4 Å². The molecule has 1 fully saturated rings. The van der Waals surface area contributed by atoms with E-state index in [-0.39, 0.29) is 5.92 Å². The molecule has 2 atom stereocenters. The highest BCUT2D eigenvalue weighted by Gasteiger charge is 2.29. The van der Waals surface area contributed by atoms with E-state index in [4.69, 9.17) is 10.1 Å². The maximum absolute atomic E-state index is 11.1. The topological polar surface area (TPSA) is 58.4 Å². The lowest BCUT2D eigenvalue weighted by Crippen LogP contribution is -2.36. The molecular weight excluding hydrogens is 266 g/mol. The highest BCUT2D eigenvalue weighted by atomic mass is 16.4. The van der Waals surface area contributed by atoms with Crippen LogP contribution in [0.25, 0.3) is 0 Å². The van der Waals surface area contributed by atoms with Crippen LogP contribution in [0.4, 0.5) is 0 Å². The number of hydrogen-bond acceptors (Lipinski definition) is 3. The number of aromatic nitrogens is 2. The molecule has 1 saturated heterocycles. The highest BCUT2D eigenvalue weighted by molar-refractivity contribution is 5.70. The summed E-state index contributed by atoms with van der Waals surface area (Å²) in [4.78, 5) is 18.4. The van der Waals surface area contributed by atoms with Crippen molar-refractivity contribution in [1.82, 2.24) is 14.5 Å². The first-order valence-electron chi connectivity index (χ1n) is 8.08. The largest absolute Gasteiger partial charge is 0.481 e. The number of aryl methyl sites for hydroxylation is 1. The van der Waals surface area contributed by atoms with E-state index >= 15 is 0 Å². The molecule has 0 aromatic carbocycles. The molecule has 0 saturated carbocycles. The highest BCUT2D eigenvalue weighted by Crippen LogP contribution is 2.25. The maximum atomic E-state index is 11.1. The molecular formula is C16H25N3O2. The van der Waals surface area contributed by atoms with E-state index in [2.05, 4.69) is 29.5 Å². The van der Waals surface area contributed by atoms with Gasteiger partial charge in [0.15, 0.2) is 0 Å². The van der Waals surface area contributed by atoms with Crippen LogP contribution in [0.3, 0.4) is 0 Å². The predicted molar refractivity (Wildman–Crippen MR) is 80.2 cm³/mol. The molecule has 0 amide bonds. The van der Waals surface area contributed by atoms with Crippen LogP contribution in [-0.2, 0) is 24.2 Å². The molecule has 2 aliphatic rings. The number of carbonyl (C=O) groups is 1. The zero-order valence-electron chi connectivity index (χ0n) is 13.0. The lowest BCUT2D eigenvalue weighted by Gasteiger charge is -2.27. The minimum atomic E-state index is -0.683. The molecule has 1 aromatic heterocycles. The predicted octanol–water partition coefficient (Wildman–Crippen LogP) is 1.95. The van der Waals surface area contributed by atoms with Gasteiger partial charge in [-0.15, -0.1) is 0 Å². The number of aliphatic carboxylic acids is 1. The van der Waals surface area contributed by atoms with Gasteiger partial charge >= 0.3 is 5.97 Å². The van der Waals surface area contributed by atoms with Gasteiger partial charge in [-0.25, -0.2) is 4.98 Å². The summed E-state index contributed by atoms with van der Waals surface area (Å²) in [5.74, 6) is 0.132. The second-order valence-corrected chi connectivity index (χ2v) is 6.71. The molecule has 1 aromatic rings. The van der Waals surface area contributed by atoms with Crippen LogP contribution in [0.1, 0.15) is 44.6 Å². The fourth-order valence-electron chi connectivity index (χ4n) is 3.80. The van der Waals surface area contributed by atoms with Gasteiger partial charge in [0.05, 0.1) is 11.6 Å². The van der Waals surface area contributed by atoms with Gasteiger partial charge in [0.1, 0.15) is 5.82 Å². The molecule has 0 bridgehead atoms. The maximum Gasteiger partial charge on any atom is 0.308 e. The Morgan fingerprint density at radius 1 is 1.48 bits per heavy atom. The normalized spacial score (nSPS) is 26.2. The first-order chi connectivity index (χ1) is 10.0. The van der Waals surface area contributed by atoms with E-state index < -0.39 is 5.97 Å². The summed E-state index contributed by atoms with van der Waals surface area (Å²) in [6.07, 6.45) is 7.11.